The van der Waals surface area contributed by atoms with Crippen molar-refractivity contribution in [3.8, 4) is 0 Å². The zero-order valence-electron chi connectivity index (χ0n) is 9.66. The molecule has 88 valence electrons. The Morgan fingerprint density at radius 1 is 1.29 bits per heavy atom. The van der Waals surface area contributed by atoms with Gasteiger partial charge in [-0.1, -0.05) is 17.7 Å². The fourth-order valence-corrected chi connectivity index (χ4v) is 3.42. The van der Waals surface area contributed by atoms with Gasteiger partial charge in [0.1, 0.15) is 0 Å². The Bertz CT molecular complexity index is 547. The Balaban J connectivity index is 2.10. The average molecular weight is 264 g/mol. The molecule has 1 aromatic carbocycles. The number of hydrogen-bond donors (Lipinski definition) is 1. The molecule has 0 bridgehead atoms. The highest BCUT2D eigenvalue weighted by Gasteiger charge is 2.23. The number of halogens is 1. The highest BCUT2D eigenvalue weighted by molar-refractivity contribution is 7.10. The number of thiophene rings is 1. The van der Waals surface area contributed by atoms with Crippen molar-refractivity contribution in [1.29, 1.82) is 0 Å². The zero-order valence-corrected chi connectivity index (χ0v) is 11.2. The van der Waals surface area contributed by atoms with Gasteiger partial charge in [0.25, 0.3) is 0 Å². The van der Waals surface area contributed by atoms with Crippen LogP contribution in [0.25, 0.3) is 0 Å². The highest BCUT2D eigenvalue weighted by atomic mass is 35.5. The predicted octanol–water partition coefficient (Wildman–Crippen LogP) is 3.95. The van der Waals surface area contributed by atoms with Gasteiger partial charge >= 0.3 is 0 Å². The van der Waals surface area contributed by atoms with Gasteiger partial charge in [0.05, 0.1) is 6.04 Å². The van der Waals surface area contributed by atoms with Crippen LogP contribution in [-0.2, 0) is 6.42 Å². The van der Waals surface area contributed by atoms with E-state index >= 15 is 0 Å². The minimum absolute atomic E-state index is 0.309. The summed E-state index contributed by atoms with van der Waals surface area (Å²) in [5.74, 6) is 0. The lowest BCUT2D eigenvalue weighted by Crippen LogP contribution is -2.30. The number of benzene rings is 1. The van der Waals surface area contributed by atoms with E-state index in [1.165, 1.54) is 21.6 Å². The molecule has 3 rings (SSSR count). The van der Waals surface area contributed by atoms with Gasteiger partial charge in [-0.05, 0) is 53.6 Å². The van der Waals surface area contributed by atoms with Gasteiger partial charge in [0, 0.05) is 16.4 Å². The average Bonchev–Trinajstić information content (AvgIpc) is 2.74. The monoisotopic (exact) mass is 263 g/mol. The first-order chi connectivity index (χ1) is 8.25. The summed E-state index contributed by atoms with van der Waals surface area (Å²) in [6.45, 7) is 3.22. The van der Waals surface area contributed by atoms with Gasteiger partial charge < -0.3 is 5.32 Å². The van der Waals surface area contributed by atoms with E-state index in [0.29, 0.717) is 6.04 Å². The SMILES string of the molecule is Cc1sccc1[C@@H]1NCCc2ccc(Cl)cc21. The Morgan fingerprint density at radius 2 is 2.18 bits per heavy atom. The maximum Gasteiger partial charge on any atom is 0.0590 e. The fourth-order valence-electron chi connectivity index (χ4n) is 2.50. The van der Waals surface area contributed by atoms with Gasteiger partial charge in [-0.2, -0.15) is 0 Å². The molecule has 0 spiro atoms. The molecule has 0 radical (unpaired) electrons. The molecular formula is C14H14ClNS. The summed E-state index contributed by atoms with van der Waals surface area (Å²) in [6.07, 6.45) is 1.09. The second-order valence-electron chi connectivity index (χ2n) is 4.41. The molecule has 0 saturated carbocycles. The van der Waals surface area contributed by atoms with Crippen molar-refractivity contribution in [3.05, 3.63) is 56.2 Å². The summed E-state index contributed by atoms with van der Waals surface area (Å²) >= 11 is 7.92. The molecular weight excluding hydrogens is 250 g/mol. The first-order valence-electron chi connectivity index (χ1n) is 5.81. The molecule has 1 N–H and O–H groups in total. The van der Waals surface area contributed by atoms with E-state index in [2.05, 4.69) is 35.8 Å². The fraction of sp³-hybridized carbons (Fsp3) is 0.286. The Hall–Kier alpha value is -0.830. The number of nitrogens with one attached hydrogen (secondary N) is 1. The molecule has 2 heterocycles. The smallest absolute Gasteiger partial charge is 0.0590 e. The second kappa shape index (κ2) is 4.45. The van der Waals surface area contributed by atoms with Crippen molar-refractivity contribution in [2.45, 2.75) is 19.4 Å². The van der Waals surface area contributed by atoms with Gasteiger partial charge in [0.15, 0.2) is 0 Å². The van der Waals surface area contributed by atoms with Crippen LogP contribution in [0.15, 0.2) is 29.6 Å². The lowest BCUT2D eigenvalue weighted by Gasteiger charge is -2.27. The van der Waals surface area contributed by atoms with E-state index in [4.69, 9.17) is 11.6 Å². The Kier molecular flexibility index (Phi) is 2.95. The molecule has 1 aromatic heterocycles. The summed E-state index contributed by atoms with van der Waals surface area (Å²) in [7, 11) is 0. The summed E-state index contributed by atoms with van der Waals surface area (Å²) in [6, 6.07) is 8.78. The van der Waals surface area contributed by atoms with Crippen LogP contribution < -0.4 is 5.32 Å². The van der Waals surface area contributed by atoms with E-state index in [0.717, 1.165) is 18.0 Å². The summed E-state index contributed by atoms with van der Waals surface area (Å²) < 4.78 is 0. The number of hydrogen-bond acceptors (Lipinski definition) is 2. The highest BCUT2D eigenvalue weighted by Crippen LogP contribution is 2.33. The number of fused-ring (bicyclic) bond motifs is 1. The van der Waals surface area contributed by atoms with Crippen molar-refractivity contribution in [2.24, 2.45) is 0 Å². The Morgan fingerprint density at radius 3 is 2.94 bits per heavy atom. The molecule has 1 aliphatic heterocycles. The van der Waals surface area contributed by atoms with Crippen LogP contribution in [0.3, 0.4) is 0 Å². The van der Waals surface area contributed by atoms with Crippen LogP contribution in [0.4, 0.5) is 0 Å². The van der Waals surface area contributed by atoms with Crippen molar-refractivity contribution >= 4 is 22.9 Å². The van der Waals surface area contributed by atoms with Crippen molar-refractivity contribution in [2.75, 3.05) is 6.54 Å². The third kappa shape index (κ3) is 2.01. The molecule has 0 fully saturated rings. The standard InChI is InChI=1S/C14H14ClNS/c1-9-12(5-7-17-9)14-13-8-11(15)3-2-10(13)4-6-16-14/h2-3,5,7-8,14,16H,4,6H2,1H3/t14-/m0/s1. The van der Waals surface area contributed by atoms with E-state index in [1.54, 1.807) is 11.3 Å². The minimum atomic E-state index is 0.309. The molecule has 2 aromatic rings. The number of rotatable bonds is 1. The van der Waals surface area contributed by atoms with Gasteiger partial charge in [-0.15, -0.1) is 11.3 Å². The van der Waals surface area contributed by atoms with Crippen LogP contribution in [0.2, 0.25) is 5.02 Å². The minimum Gasteiger partial charge on any atom is -0.306 e. The van der Waals surface area contributed by atoms with Crippen molar-refractivity contribution in [1.82, 2.24) is 5.32 Å². The number of aryl methyl sites for hydroxylation is 1. The zero-order chi connectivity index (χ0) is 11.8. The van der Waals surface area contributed by atoms with Gasteiger partial charge in [-0.3, -0.25) is 0 Å². The maximum absolute atomic E-state index is 6.12. The van der Waals surface area contributed by atoms with Crippen LogP contribution >= 0.6 is 22.9 Å². The van der Waals surface area contributed by atoms with E-state index in [-0.39, 0.29) is 0 Å². The summed E-state index contributed by atoms with van der Waals surface area (Å²) in [5.41, 5.74) is 4.15. The molecule has 17 heavy (non-hydrogen) atoms. The molecule has 3 heteroatoms. The van der Waals surface area contributed by atoms with Crippen molar-refractivity contribution in [3.63, 3.8) is 0 Å². The lowest BCUT2D eigenvalue weighted by atomic mass is 9.90. The normalized spacial score (nSPS) is 19.1. The Labute approximate surface area is 110 Å². The van der Waals surface area contributed by atoms with Crippen LogP contribution in [0.1, 0.15) is 27.6 Å². The molecule has 0 unspecified atom stereocenters. The van der Waals surface area contributed by atoms with Crippen LogP contribution in [-0.4, -0.2) is 6.54 Å². The van der Waals surface area contributed by atoms with E-state index < -0.39 is 0 Å². The predicted molar refractivity (Wildman–Crippen MR) is 74.1 cm³/mol. The van der Waals surface area contributed by atoms with Crippen LogP contribution in [0, 0.1) is 6.92 Å². The first-order valence-corrected chi connectivity index (χ1v) is 7.07. The molecule has 0 saturated heterocycles. The summed E-state index contributed by atoms with van der Waals surface area (Å²) in [4.78, 5) is 1.38. The molecule has 1 atom stereocenters. The molecule has 0 aliphatic carbocycles. The van der Waals surface area contributed by atoms with Gasteiger partial charge in [0.2, 0.25) is 0 Å². The maximum atomic E-state index is 6.12. The van der Waals surface area contributed by atoms with Crippen LogP contribution in [0.5, 0.6) is 0 Å². The van der Waals surface area contributed by atoms with E-state index in [1.807, 2.05) is 6.07 Å². The van der Waals surface area contributed by atoms with E-state index in [9.17, 15) is 0 Å². The third-order valence-corrected chi connectivity index (χ3v) is 4.47. The molecule has 1 nitrogen and oxygen atoms in total. The topological polar surface area (TPSA) is 12.0 Å². The van der Waals surface area contributed by atoms with Crippen molar-refractivity contribution < 1.29 is 0 Å². The third-order valence-electron chi connectivity index (χ3n) is 3.37. The molecule has 0 amide bonds. The quantitative estimate of drug-likeness (QED) is 0.822. The van der Waals surface area contributed by atoms with Gasteiger partial charge in [-0.25, -0.2) is 0 Å². The summed E-state index contributed by atoms with van der Waals surface area (Å²) in [5, 5.41) is 6.58. The largest absolute Gasteiger partial charge is 0.306 e. The first kappa shape index (κ1) is 11.3. The second-order valence-corrected chi connectivity index (χ2v) is 5.97. The lowest BCUT2D eigenvalue weighted by molar-refractivity contribution is 0.567. The molecule has 1 aliphatic rings.